The molecule has 1 unspecified atom stereocenters. The number of nitrogens with one attached hydrogen (secondary N) is 2. The Bertz CT molecular complexity index is 1340. The lowest BCUT2D eigenvalue weighted by Crippen LogP contribution is -2.59. The Morgan fingerprint density at radius 1 is 1.05 bits per heavy atom. The molecule has 2 N–H and O–H groups in total. The molecule has 5 atom stereocenters. The van der Waals surface area contributed by atoms with E-state index in [1.807, 2.05) is 0 Å². The van der Waals surface area contributed by atoms with Crippen LogP contribution in [0.3, 0.4) is 0 Å². The summed E-state index contributed by atoms with van der Waals surface area (Å²) in [6.07, 6.45) is 0.196. The van der Waals surface area contributed by atoms with E-state index in [0.717, 1.165) is 0 Å². The Labute approximate surface area is 251 Å². The van der Waals surface area contributed by atoms with Crippen LogP contribution in [0.2, 0.25) is 0 Å². The van der Waals surface area contributed by atoms with Crippen LogP contribution < -0.4 is 10.6 Å². The molecular weight excluding hydrogens is 556 g/mol. The van der Waals surface area contributed by atoms with Gasteiger partial charge in [0, 0.05) is 12.3 Å². The van der Waals surface area contributed by atoms with E-state index >= 15 is 0 Å². The molecule has 43 heavy (non-hydrogen) atoms. The van der Waals surface area contributed by atoms with Crippen molar-refractivity contribution < 1.29 is 38.3 Å². The van der Waals surface area contributed by atoms with Crippen molar-refractivity contribution >= 4 is 35.5 Å². The first-order valence-corrected chi connectivity index (χ1v) is 14.3. The van der Waals surface area contributed by atoms with E-state index in [0.29, 0.717) is 11.5 Å². The normalized spacial score (nSPS) is 25.6. The van der Waals surface area contributed by atoms with Gasteiger partial charge in [0.25, 0.3) is 11.8 Å². The summed E-state index contributed by atoms with van der Waals surface area (Å²) in [6.45, 7) is 15.3. The number of ether oxygens (including phenoxy) is 1. The van der Waals surface area contributed by atoms with Gasteiger partial charge in [0.2, 0.25) is 11.8 Å². The number of likely N-dealkylation sites (tertiary alicyclic amines) is 1. The van der Waals surface area contributed by atoms with Crippen molar-refractivity contribution in [3.05, 3.63) is 48.0 Å². The van der Waals surface area contributed by atoms with Crippen molar-refractivity contribution in [1.29, 1.82) is 0 Å². The molecule has 5 amide bonds. The van der Waals surface area contributed by atoms with Crippen molar-refractivity contribution in [2.45, 2.75) is 90.6 Å². The largest absolute Gasteiger partial charge is 0.444 e. The minimum atomic E-state index is -1.12. The molecule has 232 valence electrons. The Balaban J connectivity index is 1.61. The molecule has 3 aliphatic rings. The number of benzene rings is 1. The molecule has 12 heteroatoms. The molecule has 1 aliphatic carbocycles. The van der Waals surface area contributed by atoms with Gasteiger partial charge in [0.05, 0.1) is 17.7 Å². The number of hydrogen-bond acceptors (Lipinski definition) is 8. The molecular formula is C31H40N4O8. The highest BCUT2D eigenvalue weighted by Gasteiger charge is 2.59. The van der Waals surface area contributed by atoms with Crippen LogP contribution in [0.1, 0.15) is 82.0 Å². The number of Topliss-reactive ketones (excluding diaryl/α,β-unsaturated/α-hetero) is 1. The van der Waals surface area contributed by atoms with Crippen molar-refractivity contribution in [2.75, 3.05) is 6.54 Å². The second-order valence-corrected chi connectivity index (χ2v) is 13.4. The van der Waals surface area contributed by atoms with Crippen LogP contribution in [0.4, 0.5) is 4.79 Å². The van der Waals surface area contributed by atoms with Crippen molar-refractivity contribution in [3.8, 4) is 0 Å². The minimum Gasteiger partial charge on any atom is -0.444 e. The third-order valence-corrected chi connectivity index (χ3v) is 7.91. The second kappa shape index (κ2) is 11.2. The lowest BCUT2D eigenvalue weighted by Gasteiger charge is -2.36. The minimum absolute atomic E-state index is 0.0684. The fourth-order valence-electron chi connectivity index (χ4n) is 5.53. The molecule has 12 nitrogen and oxygen atoms in total. The van der Waals surface area contributed by atoms with Crippen LogP contribution in [0, 0.1) is 11.3 Å². The standard InChI is InChI=1S/C31H40N4O8/c1-9-18-15-31(18,17(2)36)33-24(37)22-14-19(43-35-25(38)20-12-10-11-13-21(20)26(35)39)16-34(22)27(40)23(29(3,4)5)32-28(41)42-30(6,7)8/h9-13,18-19,22-23H,1,14-16H2,2-8H3,(H,32,41)(H,33,37)/t18?,19-,22+,23-,31+/m1/s1. The summed E-state index contributed by atoms with van der Waals surface area (Å²) >= 11 is 0. The molecule has 2 heterocycles. The summed E-state index contributed by atoms with van der Waals surface area (Å²) in [7, 11) is 0. The zero-order valence-corrected chi connectivity index (χ0v) is 25.7. The van der Waals surface area contributed by atoms with E-state index in [-0.39, 0.29) is 35.8 Å². The van der Waals surface area contributed by atoms with Crippen molar-refractivity contribution in [1.82, 2.24) is 20.6 Å². The number of alkyl carbamates (subject to hydrolysis) is 1. The molecule has 1 saturated carbocycles. The second-order valence-electron chi connectivity index (χ2n) is 13.4. The average molecular weight is 597 g/mol. The number of imide groups is 1. The van der Waals surface area contributed by atoms with Gasteiger partial charge in [-0.3, -0.25) is 28.8 Å². The van der Waals surface area contributed by atoms with Gasteiger partial charge in [-0.25, -0.2) is 4.79 Å². The van der Waals surface area contributed by atoms with Crippen LogP contribution in [0.25, 0.3) is 0 Å². The lowest BCUT2D eigenvalue weighted by atomic mass is 9.85. The number of carbonyl (C=O) groups excluding carboxylic acids is 6. The first-order chi connectivity index (χ1) is 19.9. The molecule has 0 spiro atoms. The SMILES string of the molecule is C=CC1C[C@]1(NC(=O)[C@@H]1C[C@@H](ON2C(=O)c3ccccc3C2=O)CN1C(=O)[C@@H](NC(=O)OC(C)(C)C)C(C)(C)C)C(C)=O. The molecule has 0 bridgehead atoms. The third-order valence-electron chi connectivity index (χ3n) is 7.91. The summed E-state index contributed by atoms with van der Waals surface area (Å²) in [5, 5.41) is 6.13. The Hall–Kier alpha value is -4.06. The zero-order chi connectivity index (χ0) is 32.1. The summed E-state index contributed by atoms with van der Waals surface area (Å²) in [6, 6.07) is 4.06. The van der Waals surface area contributed by atoms with E-state index < -0.39 is 64.5 Å². The monoisotopic (exact) mass is 596 g/mol. The maximum Gasteiger partial charge on any atom is 0.408 e. The van der Waals surface area contributed by atoms with Crippen LogP contribution >= 0.6 is 0 Å². The van der Waals surface area contributed by atoms with Gasteiger partial charge in [0.1, 0.15) is 29.3 Å². The van der Waals surface area contributed by atoms with Crippen LogP contribution in [-0.4, -0.2) is 81.3 Å². The predicted octanol–water partition coefficient (Wildman–Crippen LogP) is 2.77. The van der Waals surface area contributed by atoms with Crippen LogP contribution in [-0.2, 0) is 24.0 Å². The molecule has 1 aromatic rings. The van der Waals surface area contributed by atoms with Crippen LogP contribution in [0.15, 0.2) is 36.9 Å². The number of carbonyl (C=O) groups is 6. The van der Waals surface area contributed by atoms with E-state index in [4.69, 9.17) is 9.57 Å². The molecule has 0 radical (unpaired) electrons. The Morgan fingerprint density at radius 2 is 1.63 bits per heavy atom. The highest BCUT2D eigenvalue weighted by Crippen LogP contribution is 2.45. The highest BCUT2D eigenvalue weighted by molar-refractivity contribution is 6.20. The topological polar surface area (TPSA) is 151 Å². The van der Waals surface area contributed by atoms with Gasteiger partial charge in [-0.2, -0.15) is 0 Å². The van der Waals surface area contributed by atoms with E-state index in [1.54, 1.807) is 59.8 Å². The summed E-state index contributed by atoms with van der Waals surface area (Å²) in [4.78, 5) is 86.1. The molecule has 1 aromatic carbocycles. The number of hydroxylamine groups is 2. The zero-order valence-electron chi connectivity index (χ0n) is 25.7. The van der Waals surface area contributed by atoms with E-state index in [9.17, 15) is 28.8 Å². The average Bonchev–Trinajstić information content (AvgIpc) is 3.37. The molecule has 4 rings (SSSR count). The number of ketones is 1. The molecule has 1 saturated heterocycles. The lowest BCUT2D eigenvalue weighted by molar-refractivity contribution is -0.144. The Morgan fingerprint density at radius 3 is 2.09 bits per heavy atom. The number of hydrogen-bond donors (Lipinski definition) is 2. The maximum atomic E-state index is 14.1. The number of nitrogens with zero attached hydrogens (tertiary/aromatic N) is 2. The van der Waals surface area contributed by atoms with E-state index in [1.165, 1.54) is 24.0 Å². The molecule has 2 fully saturated rings. The summed E-state index contributed by atoms with van der Waals surface area (Å²) in [5.74, 6) is -2.95. The van der Waals surface area contributed by atoms with Gasteiger partial charge in [0.15, 0.2) is 5.78 Å². The maximum absolute atomic E-state index is 14.1. The molecule has 2 aliphatic heterocycles. The van der Waals surface area contributed by atoms with E-state index in [2.05, 4.69) is 17.2 Å². The highest BCUT2D eigenvalue weighted by atomic mass is 16.7. The fraction of sp³-hybridized carbons (Fsp3) is 0.548. The van der Waals surface area contributed by atoms with Gasteiger partial charge in [-0.1, -0.05) is 39.0 Å². The fourth-order valence-corrected chi connectivity index (χ4v) is 5.53. The first kappa shape index (κ1) is 31.9. The smallest absolute Gasteiger partial charge is 0.408 e. The quantitative estimate of drug-likeness (QED) is 0.343. The molecule has 0 aromatic heterocycles. The van der Waals surface area contributed by atoms with Crippen LogP contribution in [0.5, 0.6) is 0 Å². The first-order valence-electron chi connectivity index (χ1n) is 14.3. The summed E-state index contributed by atoms with van der Waals surface area (Å²) in [5.41, 5.74) is -2.36. The third kappa shape index (κ3) is 6.34. The number of amides is 5. The van der Waals surface area contributed by atoms with Gasteiger partial charge >= 0.3 is 6.09 Å². The van der Waals surface area contributed by atoms with Crippen molar-refractivity contribution in [2.24, 2.45) is 11.3 Å². The van der Waals surface area contributed by atoms with Gasteiger partial charge in [-0.15, -0.1) is 11.6 Å². The van der Waals surface area contributed by atoms with Gasteiger partial charge < -0.3 is 20.3 Å². The predicted molar refractivity (Wildman–Crippen MR) is 154 cm³/mol. The Kier molecular flexibility index (Phi) is 8.31. The number of fused-ring (bicyclic) bond motifs is 1. The summed E-state index contributed by atoms with van der Waals surface area (Å²) < 4.78 is 5.39. The van der Waals surface area contributed by atoms with Crippen molar-refractivity contribution in [3.63, 3.8) is 0 Å². The van der Waals surface area contributed by atoms with Gasteiger partial charge in [-0.05, 0) is 51.7 Å². The number of rotatable bonds is 8.